The lowest BCUT2D eigenvalue weighted by Crippen LogP contribution is -2.44. The summed E-state index contributed by atoms with van der Waals surface area (Å²) in [5.74, 6) is -2.47. The van der Waals surface area contributed by atoms with E-state index in [9.17, 15) is 19.5 Å². The fourth-order valence-corrected chi connectivity index (χ4v) is 5.99. The molecule has 0 fully saturated rings. The zero-order chi connectivity index (χ0) is 47.7. The van der Waals surface area contributed by atoms with Crippen LogP contribution in [0.3, 0.4) is 0 Å². The molecule has 0 rings (SSSR count). The molecule has 366 valence electrons. The highest BCUT2D eigenvalue weighted by Crippen LogP contribution is 2.13. The summed E-state index contributed by atoms with van der Waals surface area (Å²) in [6.45, 7) is 4.36. The smallest absolute Gasteiger partial charge is 0.309 e. The number of carbonyl (C=O) groups excluding carboxylic acids is 3. The molecule has 0 aliphatic heterocycles. The van der Waals surface area contributed by atoms with Gasteiger partial charge in [-0.15, -0.1) is 0 Å². The van der Waals surface area contributed by atoms with Crippen molar-refractivity contribution in [2.75, 3.05) is 47.5 Å². The summed E-state index contributed by atoms with van der Waals surface area (Å²) >= 11 is 0. The van der Waals surface area contributed by atoms with E-state index in [-0.39, 0.29) is 32.7 Å². The number of carboxylic acid groups (broad SMARTS) is 1. The van der Waals surface area contributed by atoms with E-state index in [1.165, 1.54) is 32.1 Å². The van der Waals surface area contributed by atoms with Gasteiger partial charge >= 0.3 is 11.9 Å². The number of unbranched alkanes of at least 4 members (excludes halogenated alkanes) is 9. The van der Waals surface area contributed by atoms with E-state index in [0.29, 0.717) is 23.9 Å². The second-order valence-corrected chi connectivity index (χ2v) is 17.0. The highest BCUT2D eigenvalue weighted by molar-refractivity contribution is 5.71. The number of likely N-dealkylation sites (N-methyl/N-ethyl adjacent to an activating group) is 1. The van der Waals surface area contributed by atoms with E-state index in [0.717, 1.165) is 83.5 Å². The lowest BCUT2D eigenvalue weighted by atomic mass is 10.1. The minimum atomic E-state index is -1.65. The number of allylic oxidation sites excluding steroid dienone is 19. The molecule has 0 N–H and O–H groups in total. The lowest BCUT2D eigenvalue weighted by Gasteiger charge is -2.26. The summed E-state index contributed by atoms with van der Waals surface area (Å²) in [5.41, 5.74) is 0. The molecule has 0 heterocycles. The van der Waals surface area contributed by atoms with Crippen LogP contribution in [0.2, 0.25) is 0 Å². The number of carbonyl (C=O) groups is 3. The molecular formula is C56H89NO8. The van der Waals surface area contributed by atoms with Gasteiger partial charge in [-0.3, -0.25) is 9.59 Å². The quantitative estimate of drug-likeness (QED) is 0.0196. The van der Waals surface area contributed by atoms with Crippen LogP contribution in [0.1, 0.15) is 155 Å². The topological polar surface area (TPSA) is 111 Å². The summed E-state index contributed by atoms with van der Waals surface area (Å²) in [5, 5.41) is 11.7. The third-order valence-corrected chi connectivity index (χ3v) is 9.74. The van der Waals surface area contributed by atoms with Crippen LogP contribution in [0.4, 0.5) is 0 Å². The number of esters is 2. The zero-order valence-corrected chi connectivity index (χ0v) is 41.3. The van der Waals surface area contributed by atoms with Crippen molar-refractivity contribution in [3.8, 4) is 0 Å². The van der Waals surface area contributed by atoms with Crippen molar-refractivity contribution < 1.29 is 42.9 Å². The van der Waals surface area contributed by atoms with Crippen molar-refractivity contribution in [3.63, 3.8) is 0 Å². The van der Waals surface area contributed by atoms with Crippen LogP contribution in [0.25, 0.3) is 0 Å². The van der Waals surface area contributed by atoms with E-state index in [4.69, 9.17) is 18.9 Å². The fourth-order valence-electron chi connectivity index (χ4n) is 5.99. The third kappa shape index (κ3) is 47.5. The Bertz CT molecular complexity index is 1470. The molecule has 0 bridgehead atoms. The molecule has 0 saturated carbocycles. The maximum Gasteiger partial charge on any atom is 0.309 e. The summed E-state index contributed by atoms with van der Waals surface area (Å²) in [6.07, 6.45) is 61.2. The molecule has 2 atom stereocenters. The minimum Gasteiger partial charge on any atom is -0.545 e. The summed E-state index contributed by atoms with van der Waals surface area (Å²) in [6, 6.07) is 0. The summed E-state index contributed by atoms with van der Waals surface area (Å²) in [4.78, 5) is 37.0. The second-order valence-electron chi connectivity index (χ2n) is 17.0. The van der Waals surface area contributed by atoms with Gasteiger partial charge in [0.1, 0.15) is 13.2 Å². The number of aliphatic carboxylic acids is 1. The van der Waals surface area contributed by atoms with Crippen molar-refractivity contribution in [1.29, 1.82) is 0 Å². The molecule has 2 unspecified atom stereocenters. The average molecular weight is 904 g/mol. The van der Waals surface area contributed by atoms with Gasteiger partial charge in [-0.05, 0) is 83.5 Å². The van der Waals surface area contributed by atoms with Gasteiger partial charge in [0.15, 0.2) is 12.4 Å². The maximum absolute atomic E-state index is 12.8. The molecule has 0 aromatic carbocycles. The van der Waals surface area contributed by atoms with Gasteiger partial charge in [0.25, 0.3) is 0 Å². The van der Waals surface area contributed by atoms with Crippen molar-refractivity contribution in [3.05, 3.63) is 122 Å². The Hall–Kier alpha value is -4.31. The van der Waals surface area contributed by atoms with Crippen molar-refractivity contribution in [2.45, 2.75) is 167 Å². The molecule has 0 aromatic rings. The maximum atomic E-state index is 12.8. The van der Waals surface area contributed by atoms with Crippen LogP contribution < -0.4 is 5.11 Å². The van der Waals surface area contributed by atoms with E-state index < -0.39 is 30.3 Å². The van der Waals surface area contributed by atoms with E-state index in [1.54, 1.807) is 6.08 Å². The number of hydrogen-bond donors (Lipinski definition) is 0. The molecule has 9 nitrogen and oxygen atoms in total. The fraction of sp³-hybridized carbons (Fsp3) is 0.589. The summed E-state index contributed by atoms with van der Waals surface area (Å²) in [7, 11) is 5.87. The standard InChI is InChI=1S/C56H89NO8/c1-6-8-10-12-14-16-18-20-22-23-24-25-26-27-28-29-30-31-33-35-37-39-41-43-45-47-54(59)65-52(51-64-56(55(60)61)62-49-48-57(3,4)5)50-63-53(58)46-44-42-40-38-36-34-32-21-19-17-15-13-11-9-7-2/h8-11,14-17,20-22,24-25,27-28,32,36,38,42,44,52,56H,6-7,12-13,18-19,23,26,29-31,33-35,37,39-41,43,45-51H2,1-5H3/b10-8-,11-9-,16-14-,17-15-,22-20-,25-24-,28-27-,32-21-,38-36-,44-42-. The van der Waals surface area contributed by atoms with E-state index in [2.05, 4.69) is 117 Å². The molecular weight excluding hydrogens is 815 g/mol. The van der Waals surface area contributed by atoms with Gasteiger partial charge in [0.05, 0.1) is 46.7 Å². The predicted octanol–water partition coefficient (Wildman–Crippen LogP) is 12.4. The Balaban J connectivity index is 4.46. The first-order chi connectivity index (χ1) is 31.6. The Morgan fingerprint density at radius 2 is 0.877 bits per heavy atom. The van der Waals surface area contributed by atoms with Gasteiger partial charge in [0.2, 0.25) is 0 Å². The van der Waals surface area contributed by atoms with Gasteiger partial charge < -0.3 is 33.3 Å². The Kier molecular flexibility index (Phi) is 43.2. The lowest BCUT2D eigenvalue weighted by molar-refractivity contribution is -0.870. The number of quaternary nitrogens is 1. The van der Waals surface area contributed by atoms with Crippen molar-refractivity contribution in [1.82, 2.24) is 0 Å². The SMILES string of the molecule is CC/C=C\C/C=C\C/C=C\C/C=C\C/C=C\CCCCCCCCCCCC(=O)OC(COC(=O)C/C=C\C/C=C\C/C=C\C/C=C\C/C=C\CC)COC(OCC[N+](C)(C)C)C(=O)[O-]. The first kappa shape index (κ1) is 60.7. The van der Waals surface area contributed by atoms with Crippen molar-refractivity contribution in [2.24, 2.45) is 0 Å². The Morgan fingerprint density at radius 3 is 1.31 bits per heavy atom. The van der Waals surface area contributed by atoms with Crippen LogP contribution in [-0.2, 0) is 33.3 Å². The van der Waals surface area contributed by atoms with Gasteiger partial charge in [-0.1, -0.05) is 180 Å². The molecule has 65 heavy (non-hydrogen) atoms. The van der Waals surface area contributed by atoms with Crippen molar-refractivity contribution >= 4 is 17.9 Å². The van der Waals surface area contributed by atoms with Gasteiger partial charge in [-0.25, -0.2) is 0 Å². The van der Waals surface area contributed by atoms with Crippen LogP contribution in [0.5, 0.6) is 0 Å². The second kappa shape index (κ2) is 46.2. The molecule has 0 radical (unpaired) electrons. The van der Waals surface area contributed by atoms with Crippen LogP contribution in [-0.4, -0.2) is 82.3 Å². The zero-order valence-electron chi connectivity index (χ0n) is 41.3. The largest absolute Gasteiger partial charge is 0.545 e. The Morgan fingerprint density at radius 1 is 0.477 bits per heavy atom. The molecule has 0 saturated heterocycles. The molecule has 0 spiro atoms. The normalized spacial score (nSPS) is 13.9. The third-order valence-electron chi connectivity index (χ3n) is 9.74. The average Bonchev–Trinajstić information content (AvgIpc) is 3.27. The molecule has 0 aliphatic rings. The number of ether oxygens (including phenoxy) is 4. The van der Waals surface area contributed by atoms with Crippen LogP contribution in [0.15, 0.2) is 122 Å². The number of carboxylic acids is 1. The monoisotopic (exact) mass is 904 g/mol. The number of rotatable bonds is 43. The molecule has 0 aliphatic carbocycles. The first-order valence-electron chi connectivity index (χ1n) is 24.7. The van der Waals surface area contributed by atoms with Crippen LogP contribution >= 0.6 is 0 Å². The summed E-state index contributed by atoms with van der Waals surface area (Å²) < 4.78 is 22.4. The molecule has 0 aromatic heterocycles. The van der Waals surface area contributed by atoms with Crippen LogP contribution in [0, 0.1) is 0 Å². The predicted molar refractivity (Wildman–Crippen MR) is 269 cm³/mol. The number of nitrogens with zero attached hydrogens (tertiary/aromatic N) is 1. The van der Waals surface area contributed by atoms with Gasteiger partial charge in [-0.2, -0.15) is 0 Å². The highest BCUT2D eigenvalue weighted by Gasteiger charge is 2.21. The highest BCUT2D eigenvalue weighted by atomic mass is 16.7. The number of hydrogen-bond acceptors (Lipinski definition) is 8. The Labute approximate surface area is 396 Å². The van der Waals surface area contributed by atoms with Gasteiger partial charge in [0, 0.05) is 6.42 Å². The minimum absolute atomic E-state index is 0.0516. The van der Waals surface area contributed by atoms with E-state index >= 15 is 0 Å². The first-order valence-corrected chi connectivity index (χ1v) is 24.7. The molecule has 9 heteroatoms. The van der Waals surface area contributed by atoms with E-state index in [1.807, 2.05) is 33.3 Å². The molecule has 0 amide bonds.